The Hall–Kier alpha value is -0.980. The fourth-order valence-electron chi connectivity index (χ4n) is 4.33. The van der Waals surface area contributed by atoms with E-state index in [4.69, 9.17) is 0 Å². The third kappa shape index (κ3) is 2.52. The van der Waals surface area contributed by atoms with Crippen LogP contribution >= 0.6 is 0 Å². The first-order valence-electron chi connectivity index (χ1n) is 8.16. The van der Waals surface area contributed by atoms with Crippen molar-refractivity contribution in [3.05, 3.63) is 29.3 Å². The molecule has 3 rings (SSSR count). The number of fused-ring (bicyclic) bond motifs is 2. The van der Waals surface area contributed by atoms with E-state index in [9.17, 15) is 0 Å². The summed E-state index contributed by atoms with van der Waals surface area (Å²) in [6.07, 6.45) is 8.26. The molecular weight excluding hydrogens is 230 g/mol. The maximum atomic E-state index is 3.81. The summed E-state index contributed by atoms with van der Waals surface area (Å²) in [5.41, 5.74) is 4.42. The van der Waals surface area contributed by atoms with E-state index >= 15 is 0 Å². The lowest BCUT2D eigenvalue weighted by molar-refractivity contribution is 0.348. The van der Waals surface area contributed by atoms with Crippen molar-refractivity contribution >= 4 is 5.69 Å². The van der Waals surface area contributed by atoms with Gasteiger partial charge in [-0.3, -0.25) is 0 Å². The largest absolute Gasteiger partial charge is 0.384 e. The SMILES string of the molecule is CCc1cccc(CC)c1NCC1CC2CCC1C2. The summed E-state index contributed by atoms with van der Waals surface area (Å²) < 4.78 is 0. The van der Waals surface area contributed by atoms with E-state index < -0.39 is 0 Å². The van der Waals surface area contributed by atoms with E-state index in [-0.39, 0.29) is 0 Å². The molecule has 0 heterocycles. The molecule has 2 aliphatic carbocycles. The van der Waals surface area contributed by atoms with Gasteiger partial charge in [0.25, 0.3) is 0 Å². The summed E-state index contributed by atoms with van der Waals surface area (Å²) in [6, 6.07) is 6.77. The standard InChI is InChI=1S/C18H27N/c1-3-14-6-5-7-15(4-2)18(14)19-12-17-11-13-8-9-16(17)10-13/h5-7,13,16-17,19H,3-4,8-12H2,1-2H3. The molecule has 104 valence electrons. The van der Waals surface area contributed by atoms with Crippen LogP contribution in [0, 0.1) is 17.8 Å². The van der Waals surface area contributed by atoms with Crippen molar-refractivity contribution in [1.29, 1.82) is 0 Å². The van der Waals surface area contributed by atoms with Crippen molar-refractivity contribution in [2.45, 2.75) is 52.4 Å². The molecule has 19 heavy (non-hydrogen) atoms. The van der Waals surface area contributed by atoms with Gasteiger partial charge >= 0.3 is 0 Å². The quantitative estimate of drug-likeness (QED) is 0.809. The number of hydrogen-bond donors (Lipinski definition) is 1. The van der Waals surface area contributed by atoms with Gasteiger partial charge in [-0.2, -0.15) is 0 Å². The van der Waals surface area contributed by atoms with Gasteiger partial charge in [-0.1, -0.05) is 38.5 Å². The Kier molecular flexibility index (Phi) is 3.81. The Balaban J connectivity index is 1.69. The van der Waals surface area contributed by atoms with Gasteiger partial charge in [0.05, 0.1) is 0 Å². The first-order chi connectivity index (χ1) is 9.31. The van der Waals surface area contributed by atoms with E-state index in [1.54, 1.807) is 0 Å². The van der Waals surface area contributed by atoms with Gasteiger partial charge in [0.2, 0.25) is 0 Å². The highest BCUT2D eigenvalue weighted by Crippen LogP contribution is 2.48. The molecule has 2 bridgehead atoms. The van der Waals surface area contributed by atoms with Crippen molar-refractivity contribution in [2.24, 2.45) is 17.8 Å². The van der Waals surface area contributed by atoms with E-state index in [1.165, 1.54) is 49.0 Å². The van der Waals surface area contributed by atoms with E-state index in [0.29, 0.717) is 0 Å². The third-order valence-corrected chi connectivity index (χ3v) is 5.42. The van der Waals surface area contributed by atoms with Crippen LogP contribution in [0.4, 0.5) is 5.69 Å². The monoisotopic (exact) mass is 257 g/mol. The van der Waals surface area contributed by atoms with Crippen LogP contribution in [0.15, 0.2) is 18.2 Å². The second kappa shape index (κ2) is 5.56. The number of nitrogens with one attached hydrogen (secondary N) is 1. The second-order valence-corrected chi connectivity index (χ2v) is 6.47. The van der Waals surface area contributed by atoms with Gasteiger partial charge in [0.15, 0.2) is 0 Å². The fourth-order valence-corrected chi connectivity index (χ4v) is 4.33. The van der Waals surface area contributed by atoms with Gasteiger partial charge in [-0.25, -0.2) is 0 Å². The summed E-state index contributed by atoms with van der Waals surface area (Å²) in [5, 5.41) is 3.81. The first-order valence-corrected chi connectivity index (χ1v) is 8.16. The molecule has 2 fully saturated rings. The maximum Gasteiger partial charge on any atom is 0.0405 e. The van der Waals surface area contributed by atoms with Gasteiger partial charge in [-0.05, 0) is 61.0 Å². The molecule has 1 aromatic carbocycles. The molecule has 1 nitrogen and oxygen atoms in total. The topological polar surface area (TPSA) is 12.0 Å². The average molecular weight is 257 g/mol. The maximum absolute atomic E-state index is 3.81. The summed E-state index contributed by atoms with van der Waals surface area (Å²) in [6.45, 7) is 5.72. The molecule has 0 amide bonds. The Morgan fingerprint density at radius 3 is 2.32 bits per heavy atom. The molecule has 0 radical (unpaired) electrons. The van der Waals surface area contributed by atoms with E-state index in [1.807, 2.05) is 0 Å². The highest BCUT2D eigenvalue weighted by molar-refractivity contribution is 5.58. The van der Waals surface area contributed by atoms with E-state index in [2.05, 4.69) is 37.4 Å². The van der Waals surface area contributed by atoms with Crippen LogP contribution in [0.1, 0.15) is 50.7 Å². The van der Waals surface area contributed by atoms with Crippen molar-refractivity contribution in [2.75, 3.05) is 11.9 Å². The molecule has 0 aliphatic heterocycles. The lowest BCUT2D eigenvalue weighted by Crippen LogP contribution is -2.21. The van der Waals surface area contributed by atoms with Gasteiger partial charge < -0.3 is 5.32 Å². The number of para-hydroxylation sites is 1. The molecule has 2 aliphatic rings. The minimum atomic E-state index is 0.938. The minimum absolute atomic E-state index is 0.938. The zero-order chi connectivity index (χ0) is 13.2. The fraction of sp³-hybridized carbons (Fsp3) is 0.667. The third-order valence-electron chi connectivity index (χ3n) is 5.42. The summed E-state index contributed by atoms with van der Waals surface area (Å²) >= 11 is 0. The zero-order valence-electron chi connectivity index (χ0n) is 12.4. The molecule has 3 atom stereocenters. The van der Waals surface area contributed by atoms with Gasteiger partial charge in [0.1, 0.15) is 0 Å². The lowest BCUT2D eigenvalue weighted by Gasteiger charge is -2.24. The Bertz CT molecular complexity index is 415. The molecule has 0 aromatic heterocycles. The van der Waals surface area contributed by atoms with Crippen LogP contribution in [-0.4, -0.2) is 6.54 Å². The molecule has 3 unspecified atom stereocenters. The molecule has 0 saturated heterocycles. The average Bonchev–Trinajstić information content (AvgIpc) is 3.07. The van der Waals surface area contributed by atoms with Gasteiger partial charge in [-0.15, -0.1) is 0 Å². The van der Waals surface area contributed by atoms with Crippen LogP contribution in [0.2, 0.25) is 0 Å². The van der Waals surface area contributed by atoms with Gasteiger partial charge in [0, 0.05) is 12.2 Å². The lowest BCUT2D eigenvalue weighted by atomic mass is 9.88. The van der Waals surface area contributed by atoms with Crippen LogP contribution in [-0.2, 0) is 12.8 Å². The summed E-state index contributed by atoms with van der Waals surface area (Å²) in [5.74, 6) is 3.02. The number of rotatable bonds is 5. The second-order valence-electron chi connectivity index (χ2n) is 6.47. The summed E-state index contributed by atoms with van der Waals surface area (Å²) in [4.78, 5) is 0. The summed E-state index contributed by atoms with van der Waals surface area (Å²) in [7, 11) is 0. The van der Waals surface area contributed by atoms with Crippen molar-refractivity contribution < 1.29 is 0 Å². The molecule has 1 heteroatoms. The van der Waals surface area contributed by atoms with Crippen LogP contribution in [0.25, 0.3) is 0 Å². The number of anilines is 1. The molecular formula is C18H27N. The minimum Gasteiger partial charge on any atom is -0.384 e. The highest BCUT2D eigenvalue weighted by atomic mass is 14.9. The number of benzene rings is 1. The molecule has 1 aromatic rings. The normalized spacial score (nSPS) is 28.8. The predicted octanol–water partition coefficient (Wildman–Crippen LogP) is 4.66. The molecule has 2 saturated carbocycles. The van der Waals surface area contributed by atoms with Crippen LogP contribution in [0.5, 0.6) is 0 Å². The van der Waals surface area contributed by atoms with Crippen molar-refractivity contribution in [3.63, 3.8) is 0 Å². The van der Waals surface area contributed by atoms with E-state index in [0.717, 1.165) is 30.6 Å². The Labute approximate surface area is 117 Å². The van der Waals surface area contributed by atoms with Crippen molar-refractivity contribution in [3.8, 4) is 0 Å². The molecule has 0 spiro atoms. The Morgan fingerprint density at radius 1 is 1.05 bits per heavy atom. The predicted molar refractivity (Wildman–Crippen MR) is 82.6 cm³/mol. The van der Waals surface area contributed by atoms with Crippen LogP contribution < -0.4 is 5.32 Å². The van der Waals surface area contributed by atoms with Crippen LogP contribution in [0.3, 0.4) is 0 Å². The zero-order valence-corrected chi connectivity index (χ0v) is 12.4. The smallest absolute Gasteiger partial charge is 0.0405 e. The molecule has 1 N–H and O–H groups in total. The first kappa shape index (κ1) is 13.0. The van der Waals surface area contributed by atoms with Crippen molar-refractivity contribution in [1.82, 2.24) is 0 Å². The highest BCUT2D eigenvalue weighted by Gasteiger charge is 2.39. The number of hydrogen-bond acceptors (Lipinski definition) is 1. The number of aryl methyl sites for hydroxylation is 2. The Morgan fingerprint density at radius 2 is 1.79 bits per heavy atom.